The fourth-order valence-corrected chi connectivity index (χ4v) is 6.87. The fourth-order valence-electron chi connectivity index (χ4n) is 6.87. The number of amides is 3. The summed E-state index contributed by atoms with van der Waals surface area (Å²) in [5, 5.41) is 6.45. The summed E-state index contributed by atoms with van der Waals surface area (Å²) < 4.78 is 0. The number of carbonyl (C=O) groups is 3. The van der Waals surface area contributed by atoms with Gasteiger partial charge in [0, 0.05) is 30.6 Å². The summed E-state index contributed by atoms with van der Waals surface area (Å²) in [6, 6.07) is 6.91. The van der Waals surface area contributed by atoms with E-state index < -0.39 is 6.04 Å². The van der Waals surface area contributed by atoms with Crippen LogP contribution in [-0.4, -0.2) is 40.7 Å². The summed E-state index contributed by atoms with van der Waals surface area (Å²) in [5.41, 5.74) is 3.46. The van der Waals surface area contributed by atoms with Crippen LogP contribution in [0.15, 0.2) is 18.2 Å². The molecule has 3 fully saturated rings. The lowest BCUT2D eigenvalue weighted by molar-refractivity contribution is -0.136. The maximum atomic E-state index is 13.0. The molecule has 3 amide bonds. The maximum Gasteiger partial charge on any atom is 0.255 e. The summed E-state index contributed by atoms with van der Waals surface area (Å²) in [6.07, 6.45) is 12.1. The zero-order chi connectivity index (χ0) is 23.9. The average Bonchev–Trinajstić information content (AvgIpc) is 3.10. The molecule has 2 aliphatic heterocycles. The SMILES string of the molecule is CC1(C)CCCC(N[C@H]2CCCC[C@@H]2Cc2ccc3c(c2)CN(C2CCC(=O)NC2=O)C3=O)C1. The van der Waals surface area contributed by atoms with E-state index in [0.717, 1.165) is 12.0 Å². The Kier molecular flexibility index (Phi) is 6.54. The Balaban J connectivity index is 1.25. The topological polar surface area (TPSA) is 78.5 Å². The summed E-state index contributed by atoms with van der Waals surface area (Å²) in [4.78, 5) is 38.5. The Hall–Kier alpha value is -2.21. The first-order valence-electron chi connectivity index (χ1n) is 13.3. The standard InChI is InChI=1S/C28H39N3O3/c1-28(2)13-5-7-21(16-28)29-23-8-4-3-6-19(23)14-18-9-10-22-20(15-18)17-31(27(22)34)24-11-12-25(32)30-26(24)33/h9-10,15,19,21,23-24,29H,3-8,11-14,16-17H2,1-2H3,(H,30,32,33)/t19-,21?,23+,24?/m1/s1. The average molecular weight is 466 g/mol. The molecule has 2 unspecified atom stereocenters. The van der Waals surface area contributed by atoms with Gasteiger partial charge in [-0.25, -0.2) is 0 Å². The molecular weight excluding hydrogens is 426 g/mol. The number of rotatable bonds is 5. The Morgan fingerprint density at radius 1 is 1.06 bits per heavy atom. The second-order valence-electron chi connectivity index (χ2n) is 11.9. The van der Waals surface area contributed by atoms with Gasteiger partial charge in [0.05, 0.1) is 0 Å². The van der Waals surface area contributed by atoms with Crippen LogP contribution in [0.4, 0.5) is 0 Å². The minimum atomic E-state index is -0.548. The van der Waals surface area contributed by atoms with Gasteiger partial charge in [-0.2, -0.15) is 0 Å². The van der Waals surface area contributed by atoms with Gasteiger partial charge in [-0.3, -0.25) is 19.7 Å². The Labute approximate surface area is 203 Å². The largest absolute Gasteiger partial charge is 0.322 e. The maximum absolute atomic E-state index is 13.0. The number of piperidine rings is 1. The number of benzene rings is 1. The van der Waals surface area contributed by atoms with Crippen molar-refractivity contribution >= 4 is 17.7 Å². The van der Waals surface area contributed by atoms with Gasteiger partial charge in [0.25, 0.3) is 5.91 Å². The summed E-state index contributed by atoms with van der Waals surface area (Å²) in [6.45, 7) is 5.27. The number of carbonyl (C=O) groups excluding carboxylic acids is 3. The van der Waals surface area contributed by atoms with Gasteiger partial charge in [-0.1, -0.05) is 45.2 Å². The second kappa shape index (κ2) is 9.44. The molecule has 6 nitrogen and oxygen atoms in total. The van der Waals surface area contributed by atoms with E-state index in [4.69, 9.17) is 0 Å². The summed E-state index contributed by atoms with van der Waals surface area (Å²) in [7, 11) is 0. The molecular formula is C28H39N3O3. The minimum absolute atomic E-state index is 0.0897. The lowest BCUT2D eigenvalue weighted by Gasteiger charge is -2.41. The van der Waals surface area contributed by atoms with Gasteiger partial charge in [0.2, 0.25) is 11.8 Å². The van der Waals surface area contributed by atoms with Gasteiger partial charge in [-0.15, -0.1) is 0 Å². The van der Waals surface area contributed by atoms with Crippen LogP contribution in [0.2, 0.25) is 0 Å². The van der Waals surface area contributed by atoms with Gasteiger partial charge in [0.15, 0.2) is 0 Å². The van der Waals surface area contributed by atoms with Crippen LogP contribution < -0.4 is 10.6 Å². The molecule has 0 bridgehead atoms. The van der Waals surface area contributed by atoms with Crippen molar-refractivity contribution in [2.75, 3.05) is 0 Å². The predicted octanol–water partition coefficient (Wildman–Crippen LogP) is 4.11. The van der Waals surface area contributed by atoms with E-state index >= 15 is 0 Å². The molecule has 6 heteroatoms. The first-order valence-corrected chi connectivity index (χ1v) is 13.3. The van der Waals surface area contributed by atoms with E-state index in [0.29, 0.717) is 41.9 Å². The van der Waals surface area contributed by atoms with Crippen LogP contribution in [0.3, 0.4) is 0 Å². The van der Waals surface area contributed by atoms with Crippen LogP contribution in [0.5, 0.6) is 0 Å². The number of nitrogens with zero attached hydrogens (tertiary/aromatic N) is 1. The molecule has 5 rings (SSSR count). The highest BCUT2D eigenvalue weighted by Gasteiger charge is 2.39. The number of fused-ring (bicyclic) bond motifs is 1. The van der Waals surface area contributed by atoms with Crippen molar-refractivity contribution < 1.29 is 14.4 Å². The molecule has 2 N–H and O–H groups in total. The van der Waals surface area contributed by atoms with E-state index in [1.54, 1.807) is 4.90 Å². The molecule has 0 aromatic heterocycles. The van der Waals surface area contributed by atoms with Crippen molar-refractivity contribution in [2.24, 2.45) is 11.3 Å². The molecule has 2 aliphatic carbocycles. The lowest BCUT2D eigenvalue weighted by atomic mass is 9.74. The van der Waals surface area contributed by atoms with Crippen molar-refractivity contribution in [3.05, 3.63) is 34.9 Å². The van der Waals surface area contributed by atoms with Crippen molar-refractivity contribution in [3.8, 4) is 0 Å². The molecule has 2 heterocycles. The Morgan fingerprint density at radius 2 is 1.88 bits per heavy atom. The molecule has 1 saturated heterocycles. The lowest BCUT2D eigenvalue weighted by Crippen LogP contribution is -2.52. The number of imide groups is 1. The number of hydrogen-bond acceptors (Lipinski definition) is 4. The van der Waals surface area contributed by atoms with Crippen molar-refractivity contribution in [3.63, 3.8) is 0 Å². The van der Waals surface area contributed by atoms with Crippen LogP contribution in [0.1, 0.15) is 99.5 Å². The molecule has 2 saturated carbocycles. The molecule has 34 heavy (non-hydrogen) atoms. The van der Waals surface area contributed by atoms with Crippen molar-refractivity contribution in [1.82, 2.24) is 15.5 Å². The van der Waals surface area contributed by atoms with Crippen LogP contribution >= 0.6 is 0 Å². The molecule has 4 atom stereocenters. The first-order chi connectivity index (χ1) is 16.3. The van der Waals surface area contributed by atoms with E-state index in [2.05, 4.69) is 36.6 Å². The Bertz CT molecular complexity index is 972. The number of nitrogens with one attached hydrogen (secondary N) is 2. The Morgan fingerprint density at radius 3 is 2.68 bits per heavy atom. The molecule has 1 aromatic carbocycles. The normalized spacial score (nSPS) is 31.4. The highest BCUT2D eigenvalue weighted by molar-refractivity contribution is 6.05. The van der Waals surface area contributed by atoms with Crippen molar-refractivity contribution in [1.29, 1.82) is 0 Å². The fraction of sp³-hybridized carbons (Fsp3) is 0.679. The third kappa shape index (κ3) is 4.93. The minimum Gasteiger partial charge on any atom is -0.322 e. The second-order valence-corrected chi connectivity index (χ2v) is 11.9. The molecule has 0 spiro atoms. The smallest absolute Gasteiger partial charge is 0.255 e. The van der Waals surface area contributed by atoms with Gasteiger partial charge >= 0.3 is 0 Å². The zero-order valence-electron chi connectivity index (χ0n) is 20.7. The van der Waals surface area contributed by atoms with E-state index in [-0.39, 0.29) is 24.1 Å². The van der Waals surface area contributed by atoms with E-state index in [1.807, 2.05) is 6.07 Å². The zero-order valence-corrected chi connectivity index (χ0v) is 20.7. The van der Waals surface area contributed by atoms with Crippen molar-refractivity contribution in [2.45, 2.75) is 109 Å². The molecule has 0 radical (unpaired) electrons. The number of hydrogen-bond donors (Lipinski definition) is 2. The predicted molar refractivity (Wildman–Crippen MR) is 131 cm³/mol. The molecule has 4 aliphatic rings. The summed E-state index contributed by atoms with van der Waals surface area (Å²) >= 11 is 0. The van der Waals surface area contributed by atoms with Gasteiger partial charge < -0.3 is 10.2 Å². The van der Waals surface area contributed by atoms with Crippen LogP contribution in [0.25, 0.3) is 0 Å². The van der Waals surface area contributed by atoms with Crippen LogP contribution in [-0.2, 0) is 22.6 Å². The first kappa shape index (κ1) is 23.5. The monoisotopic (exact) mass is 465 g/mol. The molecule has 1 aromatic rings. The highest BCUT2D eigenvalue weighted by Crippen LogP contribution is 2.37. The highest BCUT2D eigenvalue weighted by atomic mass is 16.2. The van der Waals surface area contributed by atoms with E-state index in [9.17, 15) is 14.4 Å². The summed E-state index contributed by atoms with van der Waals surface area (Å²) in [5.74, 6) is -0.0619. The van der Waals surface area contributed by atoms with Gasteiger partial charge in [-0.05, 0) is 73.5 Å². The molecule has 184 valence electrons. The van der Waals surface area contributed by atoms with Gasteiger partial charge in [0.1, 0.15) is 6.04 Å². The quantitative estimate of drug-likeness (QED) is 0.642. The van der Waals surface area contributed by atoms with E-state index in [1.165, 1.54) is 56.9 Å². The van der Waals surface area contributed by atoms with Crippen LogP contribution in [0, 0.1) is 11.3 Å². The third-order valence-corrected chi connectivity index (χ3v) is 8.65. The third-order valence-electron chi connectivity index (χ3n) is 8.65.